The normalized spacial score (nSPS) is 20.2. The zero-order chi connectivity index (χ0) is 17.1. The van der Waals surface area contributed by atoms with Crippen molar-refractivity contribution < 1.29 is 18.7 Å². The average Bonchev–Trinajstić information content (AvgIpc) is 3.22. The summed E-state index contributed by atoms with van der Waals surface area (Å²) in [6, 6.07) is 10.5. The summed E-state index contributed by atoms with van der Waals surface area (Å²) in [4.78, 5) is 26.1. The van der Waals surface area contributed by atoms with Gasteiger partial charge < -0.3 is 14.1 Å². The van der Waals surface area contributed by atoms with Crippen LogP contribution in [0.2, 0.25) is 0 Å². The fraction of sp³-hybridized carbons (Fsp3) is 0.294. The monoisotopic (exact) mass is 409 g/mol. The lowest BCUT2D eigenvalue weighted by atomic mass is 10.2. The predicted octanol–water partition coefficient (Wildman–Crippen LogP) is 3.75. The number of hydrogen-bond donors (Lipinski definition) is 0. The maximum atomic E-state index is 12.5. The zero-order valence-corrected chi connectivity index (χ0v) is 15.4. The van der Waals surface area contributed by atoms with Crippen molar-refractivity contribution in [2.45, 2.75) is 24.9 Å². The maximum absolute atomic E-state index is 12.5. The Kier molecular flexibility index (Phi) is 5.30. The number of halogens is 1. The van der Waals surface area contributed by atoms with Crippen LogP contribution in [-0.2, 0) is 20.9 Å². The maximum Gasteiger partial charge on any atom is 0.330 e. The molecule has 1 aromatic carbocycles. The van der Waals surface area contributed by atoms with Gasteiger partial charge in [0.15, 0.2) is 0 Å². The summed E-state index contributed by atoms with van der Waals surface area (Å²) in [5.41, 5.74) is 0.883. The van der Waals surface area contributed by atoms with Gasteiger partial charge in [0, 0.05) is 22.7 Å². The predicted molar refractivity (Wildman–Crippen MR) is 94.2 cm³/mol. The highest BCUT2D eigenvalue weighted by Crippen LogP contribution is 2.41. The van der Waals surface area contributed by atoms with Crippen LogP contribution in [0.4, 0.5) is 0 Å². The Balaban J connectivity index is 1.70. The van der Waals surface area contributed by atoms with E-state index in [0.29, 0.717) is 11.5 Å². The number of ether oxygens (including phenoxy) is 1. The van der Waals surface area contributed by atoms with Crippen molar-refractivity contribution in [2.75, 3.05) is 5.75 Å². The summed E-state index contributed by atoms with van der Waals surface area (Å²) < 4.78 is 11.7. The number of carbonyl (C=O) groups is 2. The first-order valence-electron chi connectivity index (χ1n) is 7.42. The van der Waals surface area contributed by atoms with E-state index < -0.39 is 12.0 Å². The SMILES string of the molecule is CC(=O)N1[C@@H](C(=O)OCc2ccccc2Br)CS[C@@H]1c1ccco1. The second-order valence-electron chi connectivity index (χ2n) is 5.34. The van der Waals surface area contributed by atoms with E-state index in [1.165, 1.54) is 23.6 Å². The molecule has 2 aromatic rings. The molecule has 0 saturated carbocycles. The van der Waals surface area contributed by atoms with Crippen LogP contribution in [0, 0.1) is 0 Å². The summed E-state index contributed by atoms with van der Waals surface area (Å²) in [6.07, 6.45) is 1.56. The van der Waals surface area contributed by atoms with Gasteiger partial charge in [0.2, 0.25) is 5.91 Å². The molecule has 7 heteroatoms. The van der Waals surface area contributed by atoms with Gasteiger partial charge in [0.1, 0.15) is 23.8 Å². The molecule has 0 unspecified atom stereocenters. The van der Waals surface area contributed by atoms with Crippen molar-refractivity contribution in [2.24, 2.45) is 0 Å². The summed E-state index contributed by atoms with van der Waals surface area (Å²) >= 11 is 4.93. The highest BCUT2D eigenvalue weighted by Gasteiger charge is 2.43. The van der Waals surface area contributed by atoms with Gasteiger partial charge in [-0.25, -0.2) is 4.79 Å². The third-order valence-electron chi connectivity index (χ3n) is 3.75. The number of hydrogen-bond acceptors (Lipinski definition) is 5. The highest BCUT2D eigenvalue weighted by molar-refractivity contribution is 9.10. The number of benzene rings is 1. The van der Waals surface area contributed by atoms with Crippen LogP contribution in [0.1, 0.15) is 23.6 Å². The van der Waals surface area contributed by atoms with E-state index in [9.17, 15) is 9.59 Å². The Bertz CT molecular complexity index is 734. The van der Waals surface area contributed by atoms with Gasteiger partial charge in [0.05, 0.1) is 6.26 Å². The van der Waals surface area contributed by atoms with Gasteiger partial charge in [0.25, 0.3) is 0 Å². The minimum atomic E-state index is -0.606. The van der Waals surface area contributed by atoms with E-state index in [1.54, 1.807) is 12.3 Å². The third-order valence-corrected chi connectivity index (χ3v) is 5.81. The molecule has 2 atom stereocenters. The van der Waals surface area contributed by atoms with Gasteiger partial charge in [-0.3, -0.25) is 4.79 Å². The summed E-state index contributed by atoms with van der Waals surface area (Å²) in [6.45, 7) is 1.62. The van der Waals surface area contributed by atoms with Crippen molar-refractivity contribution in [1.29, 1.82) is 0 Å². The lowest BCUT2D eigenvalue weighted by molar-refractivity contribution is -0.154. The lowest BCUT2D eigenvalue weighted by Crippen LogP contribution is -2.42. The van der Waals surface area contributed by atoms with E-state index >= 15 is 0 Å². The van der Waals surface area contributed by atoms with Crippen molar-refractivity contribution in [3.05, 3.63) is 58.5 Å². The first-order chi connectivity index (χ1) is 11.6. The first-order valence-corrected chi connectivity index (χ1v) is 9.26. The van der Waals surface area contributed by atoms with E-state index in [-0.39, 0.29) is 17.9 Å². The molecule has 0 radical (unpaired) electrons. The molecule has 0 N–H and O–H groups in total. The number of nitrogens with zero attached hydrogens (tertiary/aromatic N) is 1. The van der Waals surface area contributed by atoms with Crippen LogP contribution in [-0.4, -0.2) is 28.6 Å². The quantitative estimate of drug-likeness (QED) is 0.719. The minimum absolute atomic E-state index is 0.165. The fourth-order valence-electron chi connectivity index (χ4n) is 2.58. The molecule has 126 valence electrons. The first kappa shape index (κ1) is 17.1. The van der Waals surface area contributed by atoms with Crippen molar-refractivity contribution in [3.8, 4) is 0 Å². The molecule has 1 saturated heterocycles. The Morgan fingerprint density at radius 2 is 2.12 bits per heavy atom. The molecule has 0 bridgehead atoms. The van der Waals surface area contributed by atoms with Crippen LogP contribution in [0.25, 0.3) is 0 Å². The molecule has 3 rings (SSSR count). The molecule has 24 heavy (non-hydrogen) atoms. The molecule has 1 aromatic heterocycles. The Hall–Kier alpha value is -1.73. The van der Waals surface area contributed by atoms with Crippen LogP contribution in [0.15, 0.2) is 51.6 Å². The number of carbonyl (C=O) groups excluding carboxylic acids is 2. The van der Waals surface area contributed by atoms with Crippen LogP contribution in [0.3, 0.4) is 0 Å². The summed E-state index contributed by atoms with van der Waals surface area (Å²) in [5, 5.41) is -0.293. The van der Waals surface area contributed by atoms with Crippen LogP contribution >= 0.6 is 27.7 Å². The van der Waals surface area contributed by atoms with Gasteiger partial charge >= 0.3 is 5.97 Å². The van der Waals surface area contributed by atoms with E-state index in [2.05, 4.69) is 15.9 Å². The van der Waals surface area contributed by atoms with Gasteiger partial charge in [-0.1, -0.05) is 34.1 Å². The molecule has 1 aliphatic rings. The number of amides is 1. The largest absolute Gasteiger partial charge is 0.466 e. The second kappa shape index (κ2) is 7.44. The fourth-order valence-corrected chi connectivity index (χ4v) is 4.40. The summed E-state index contributed by atoms with van der Waals surface area (Å²) in [7, 11) is 0. The minimum Gasteiger partial charge on any atom is -0.466 e. The van der Waals surface area contributed by atoms with Crippen molar-refractivity contribution >= 4 is 39.6 Å². The summed E-state index contributed by atoms with van der Waals surface area (Å²) in [5.74, 6) is 0.572. The number of esters is 1. The van der Waals surface area contributed by atoms with E-state index in [4.69, 9.17) is 9.15 Å². The van der Waals surface area contributed by atoms with Crippen LogP contribution < -0.4 is 0 Å². The molecule has 0 aliphatic carbocycles. The van der Waals surface area contributed by atoms with Crippen LogP contribution in [0.5, 0.6) is 0 Å². The molecule has 2 heterocycles. The average molecular weight is 410 g/mol. The lowest BCUT2D eigenvalue weighted by Gasteiger charge is -2.25. The number of furan rings is 1. The Morgan fingerprint density at radius 3 is 2.79 bits per heavy atom. The van der Waals surface area contributed by atoms with Gasteiger partial charge in [-0.2, -0.15) is 0 Å². The number of thioether (sulfide) groups is 1. The van der Waals surface area contributed by atoms with Crippen molar-refractivity contribution in [3.63, 3.8) is 0 Å². The zero-order valence-electron chi connectivity index (χ0n) is 13.0. The Morgan fingerprint density at radius 1 is 1.33 bits per heavy atom. The Labute approximate surface area is 152 Å². The van der Waals surface area contributed by atoms with E-state index in [1.807, 2.05) is 30.3 Å². The van der Waals surface area contributed by atoms with Gasteiger partial charge in [-0.15, -0.1) is 11.8 Å². The smallest absolute Gasteiger partial charge is 0.330 e. The molecule has 1 amide bonds. The topological polar surface area (TPSA) is 59.8 Å². The molecular weight excluding hydrogens is 394 g/mol. The third kappa shape index (κ3) is 3.52. The van der Waals surface area contributed by atoms with E-state index in [0.717, 1.165) is 10.0 Å². The van der Waals surface area contributed by atoms with Gasteiger partial charge in [-0.05, 0) is 18.2 Å². The number of rotatable bonds is 4. The molecule has 0 spiro atoms. The molecule has 1 fully saturated rings. The molecule has 5 nitrogen and oxygen atoms in total. The molecular formula is C17H16BrNO4S. The highest BCUT2D eigenvalue weighted by atomic mass is 79.9. The second-order valence-corrected chi connectivity index (χ2v) is 7.31. The molecule has 1 aliphatic heterocycles. The standard InChI is InChI=1S/C17H16BrNO4S/c1-11(20)19-14(10-24-16(19)15-7-4-8-22-15)17(21)23-9-12-5-2-3-6-13(12)18/h2-8,14,16H,9-10H2,1H3/t14-,16-/m1/s1. The van der Waals surface area contributed by atoms with Crippen molar-refractivity contribution in [1.82, 2.24) is 4.90 Å².